The lowest BCUT2D eigenvalue weighted by molar-refractivity contribution is -0.132. The van der Waals surface area contributed by atoms with Gasteiger partial charge >= 0.3 is 0 Å². The Balaban J connectivity index is 2.05. The Morgan fingerprint density at radius 3 is 2.46 bits per heavy atom. The van der Waals surface area contributed by atoms with E-state index in [0.29, 0.717) is 19.5 Å². The van der Waals surface area contributed by atoms with Gasteiger partial charge in [0.15, 0.2) is 0 Å². The minimum Gasteiger partial charge on any atom is -0.468 e. The summed E-state index contributed by atoms with van der Waals surface area (Å²) >= 11 is 0. The van der Waals surface area contributed by atoms with Crippen LogP contribution in [0.25, 0.3) is 0 Å². The molecule has 2 amide bonds. The van der Waals surface area contributed by atoms with E-state index in [1.54, 1.807) is 20.1 Å². The molecule has 0 unspecified atom stereocenters. The number of carbonyl (C=O) groups is 2. The van der Waals surface area contributed by atoms with Crippen molar-refractivity contribution in [1.29, 1.82) is 0 Å². The Bertz CT molecular complexity index is 641. The summed E-state index contributed by atoms with van der Waals surface area (Å²) in [6.07, 6.45) is 1.93. The van der Waals surface area contributed by atoms with Crippen LogP contribution in [0.3, 0.4) is 0 Å². The minimum atomic E-state index is -0.438. The summed E-state index contributed by atoms with van der Waals surface area (Å²) in [5.74, 6) is 0.290. The molecule has 0 saturated heterocycles. The quantitative estimate of drug-likeness (QED) is 0.764. The fourth-order valence-corrected chi connectivity index (χ4v) is 2.24. The largest absolute Gasteiger partial charge is 0.468 e. The van der Waals surface area contributed by atoms with E-state index in [9.17, 15) is 9.59 Å². The molecule has 0 aliphatic carbocycles. The molecule has 0 spiro atoms. The molecular weight excluding hydrogens is 306 g/mol. The molecule has 0 bridgehead atoms. The molecule has 1 atom stereocenters. The highest BCUT2D eigenvalue weighted by molar-refractivity contribution is 5.84. The number of amides is 2. The lowest BCUT2D eigenvalue weighted by Crippen LogP contribution is -2.50. The first-order valence-electron chi connectivity index (χ1n) is 7.99. The predicted molar refractivity (Wildman–Crippen MR) is 90.4 cm³/mol. The van der Waals surface area contributed by atoms with Crippen LogP contribution in [0.15, 0.2) is 53.1 Å². The molecule has 0 fully saturated rings. The molecule has 2 aromatic rings. The lowest BCUT2D eigenvalue weighted by atomic mass is 10.1. The van der Waals surface area contributed by atoms with Gasteiger partial charge in [0.25, 0.3) is 5.91 Å². The molecule has 1 aromatic heterocycles. The van der Waals surface area contributed by atoms with Crippen LogP contribution in [0.5, 0.6) is 0 Å². The average molecular weight is 329 g/mol. The molecule has 0 radical (unpaired) electrons. The maximum atomic E-state index is 12.3. The maximum absolute atomic E-state index is 12.3. The van der Waals surface area contributed by atoms with Crippen molar-refractivity contribution in [2.24, 2.45) is 0 Å². The summed E-state index contributed by atoms with van der Waals surface area (Å²) in [6.45, 7) is 4.62. The highest BCUT2D eigenvalue weighted by Crippen LogP contribution is 2.14. The van der Waals surface area contributed by atoms with Crippen LogP contribution in [0.4, 0.5) is 0 Å². The molecule has 0 aliphatic rings. The topological polar surface area (TPSA) is 74.6 Å². The summed E-state index contributed by atoms with van der Waals surface area (Å²) in [5, 5.41) is 0. The minimum absolute atomic E-state index is 0.226. The van der Waals surface area contributed by atoms with Gasteiger partial charge in [0.1, 0.15) is 5.76 Å². The monoisotopic (exact) mass is 329 g/mol. The van der Waals surface area contributed by atoms with Gasteiger partial charge in [0.05, 0.1) is 18.8 Å². The first kappa shape index (κ1) is 17.7. The van der Waals surface area contributed by atoms with Crippen LogP contribution in [0.1, 0.15) is 31.6 Å². The fourth-order valence-electron chi connectivity index (χ4n) is 2.24. The van der Waals surface area contributed by atoms with Gasteiger partial charge in [0, 0.05) is 13.0 Å². The third kappa shape index (κ3) is 5.24. The van der Waals surface area contributed by atoms with E-state index in [2.05, 4.69) is 10.9 Å². The van der Waals surface area contributed by atoms with Gasteiger partial charge in [-0.3, -0.25) is 25.3 Å². The third-order valence-electron chi connectivity index (χ3n) is 3.74. The summed E-state index contributed by atoms with van der Waals surface area (Å²) in [6, 6.07) is 13.2. The zero-order chi connectivity index (χ0) is 17.4. The fraction of sp³-hybridized carbons (Fsp3) is 0.333. The molecule has 1 aromatic carbocycles. The number of hydrogen-bond acceptors (Lipinski definition) is 4. The Morgan fingerprint density at radius 1 is 1.08 bits per heavy atom. The van der Waals surface area contributed by atoms with Crippen molar-refractivity contribution in [3.05, 3.63) is 60.1 Å². The number of carbonyl (C=O) groups excluding carboxylic acids is 2. The van der Waals surface area contributed by atoms with Gasteiger partial charge in [-0.05, 0) is 24.6 Å². The van der Waals surface area contributed by atoms with Crippen molar-refractivity contribution in [1.82, 2.24) is 15.8 Å². The number of nitrogens with zero attached hydrogens (tertiary/aromatic N) is 1. The summed E-state index contributed by atoms with van der Waals surface area (Å²) < 4.78 is 5.40. The molecule has 2 N–H and O–H groups in total. The molecule has 6 heteroatoms. The van der Waals surface area contributed by atoms with E-state index >= 15 is 0 Å². The van der Waals surface area contributed by atoms with Crippen LogP contribution in [0.2, 0.25) is 0 Å². The molecule has 128 valence electrons. The molecule has 2 rings (SSSR count). The SMILES string of the molecule is CCC(=O)NNC(=O)[C@H](C)N(Cc1ccccc1)Cc1ccco1. The van der Waals surface area contributed by atoms with E-state index in [-0.39, 0.29) is 11.8 Å². The number of hydrazine groups is 1. The van der Waals surface area contributed by atoms with E-state index in [1.165, 1.54) is 0 Å². The van der Waals surface area contributed by atoms with Crippen molar-refractivity contribution in [2.45, 2.75) is 39.4 Å². The summed E-state index contributed by atoms with van der Waals surface area (Å²) in [4.78, 5) is 25.6. The number of rotatable bonds is 7. The molecule has 24 heavy (non-hydrogen) atoms. The van der Waals surface area contributed by atoms with Crippen molar-refractivity contribution >= 4 is 11.8 Å². The van der Waals surface area contributed by atoms with Crippen molar-refractivity contribution in [2.75, 3.05) is 0 Å². The van der Waals surface area contributed by atoms with Gasteiger partial charge in [0.2, 0.25) is 5.91 Å². The van der Waals surface area contributed by atoms with Crippen molar-refractivity contribution < 1.29 is 14.0 Å². The second-order valence-corrected chi connectivity index (χ2v) is 5.54. The zero-order valence-electron chi connectivity index (χ0n) is 14.0. The van der Waals surface area contributed by atoms with E-state index in [0.717, 1.165) is 11.3 Å². The van der Waals surface area contributed by atoms with Crippen LogP contribution < -0.4 is 10.9 Å². The number of furan rings is 1. The average Bonchev–Trinajstić information content (AvgIpc) is 3.12. The van der Waals surface area contributed by atoms with Crippen LogP contribution >= 0.6 is 0 Å². The van der Waals surface area contributed by atoms with E-state index in [1.807, 2.05) is 47.4 Å². The highest BCUT2D eigenvalue weighted by atomic mass is 16.3. The Hall–Kier alpha value is -2.60. The molecular formula is C18H23N3O3. The second kappa shape index (κ2) is 8.88. The Labute approximate surface area is 141 Å². The first-order valence-corrected chi connectivity index (χ1v) is 7.99. The standard InChI is InChI=1S/C18H23N3O3/c1-3-17(22)19-20-18(23)14(2)21(13-16-10-7-11-24-16)12-15-8-5-4-6-9-15/h4-11,14H,3,12-13H2,1-2H3,(H,19,22)(H,20,23)/t14-/m0/s1. The van der Waals surface area contributed by atoms with E-state index < -0.39 is 6.04 Å². The van der Waals surface area contributed by atoms with Crippen molar-refractivity contribution in [3.8, 4) is 0 Å². The zero-order valence-corrected chi connectivity index (χ0v) is 14.0. The molecule has 1 heterocycles. The van der Waals surface area contributed by atoms with Gasteiger partial charge < -0.3 is 4.42 Å². The lowest BCUT2D eigenvalue weighted by Gasteiger charge is -2.27. The van der Waals surface area contributed by atoms with Gasteiger partial charge in [-0.15, -0.1) is 0 Å². The predicted octanol–water partition coefficient (Wildman–Crippen LogP) is 2.23. The number of benzene rings is 1. The van der Waals surface area contributed by atoms with Crippen molar-refractivity contribution in [3.63, 3.8) is 0 Å². The third-order valence-corrected chi connectivity index (χ3v) is 3.74. The van der Waals surface area contributed by atoms with Gasteiger partial charge in [-0.25, -0.2) is 0 Å². The molecule has 0 aliphatic heterocycles. The summed E-state index contributed by atoms with van der Waals surface area (Å²) in [5.41, 5.74) is 5.97. The van der Waals surface area contributed by atoms with Gasteiger partial charge in [-0.2, -0.15) is 0 Å². The van der Waals surface area contributed by atoms with Gasteiger partial charge in [-0.1, -0.05) is 37.3 Å². The maximum Gasteiger partial charge on any atom is 0.255 e. The normalized spacial score (nSPS) is 12.0. The van der Waals surface area contributed by atoms with Crippen LogP contribution in [-0.2, 0) is 22.7 Å². The first-order chi connectivity index (χ1) is 11.6. The smallest absolute Gasteiger partial charge is 0.255 e. The second-order valence-electron chi connectivity index (χ2n) is 5.54. The van der Waals surface area contributed by atoms with Crippen LogP contribution in [-0.4, -0.2) is 22.8 Å². The van der Waals surface area contributed by atoms with Crippen LogP contribution in [0, 0.1) is 0 Å². The highest BCUT2D eigenvalue weighted by Gasteiger charge is 2.23. The Kier molecular flexibility index (Phi) is 6.57. The van der Waals surface area contributed by atoms with E-state index in [4.69, 9.17) is 4.42 Å². The Morgan fingerprint density at radius 2 is 1.83 bits per heavy atom. The molecule has 6 nitrogen and oxygen atoms in total. The summed E-state index contributed by atoms with van der Waals surface area (Å²) in [7, 11) is 0. The number of nitrogens with one attached hydrogen (secondary N) is 2. The number of hydrogen-bond donors (Lipinski definition) is 2. The molecule has 0 saturated carbocycles.